The molecule has 0 spiro atoms. The van der Waals surface area contributed by atoms with Crippen molar-refractivity contribution in [3.63, 3.8) is 0 Å². The van der Waals surface area contributed by atoms with E-state index >= 15 is 0 Å². The molecule has 0 aromatic heterocycles. The maximum absolute atomic E-state index is 12.1. The van der Waals surface area contributed by atoms with Crippen molar-refractivity contribution in [1.82, 2.24) is 0 Å². The lowest BCUT2D eigenvalue weighted by atomic mass is 10.1. The zero-order chi connectivity index (χ0) is 16.0. The average Bonchev–Trinajstić information content (AvgIpc) is 2.78. The highest BCUT2D eigenvalue weighted by atomic mass is 16.5. The van der Waals surface area contributed by atoms with Crippen molar-refractivity contribution in [3.8, 4) is 34.5 Å². The highest BCUT2D eigenvalue weighted by Gasteiger charge is 2.31. The van der Waals surface area contributed by atoms with Gasteiger partial charge in [-0.05, 0) is 35.9 Å². The number of hydrogen-bond donors (Lipinski definition) is 5. The maximum atomic E-state index is 12.1. The molecule has 7 nitrogen and oxygen atoms in total. The van der Waals surface area contributed by atoms with E-state index in [2.05, 4.69) is 0 Å². The van der Waals surface area contributed by atoms with Gasteiger partial charge in [-0.25, -0.2) is 0 Å². The van der Waals surface area contributed by atoms with Gasteiger partial charge in [0.25, 0.3) is 0 Å². The van der Waals surface area contributed by atoms with Gasteiger partial charge in [0.2, 0.25) is 11.5 Å². The van der Waals surface area contributed by atoms with E-state index < -0.39 is 34.5 Å². The number of phenols is 5. The molecule has 0 bridgehead atoms. The van der Waals surface area contributed by atoms with Crippen LogP contribution in [0.4, 0.5) is 0 Å². The second-order valence-corrected chi connectivity index (χ2v) is 4.66. The van der Waals surface area contributed by atoms with E-state index in [9.17, 15) is 30.3 Å². The largest absolute Gasteiger partial charge is 0.504 e. The molecule has 0 aliphatic carbocycles. The van der Waals surface area contributed by atoms with E-state index in [1.54, 1.807) is 0 Å². The van der Waals surface area contributed by atoms with Crippen LogP contribution < -0.4 is 4.74 Å². The number of aromatic hydroxyl groups is 5. The van der Waals surface area contributed by atoms with E-state index in [1.165, 1.54) is 12.1 Å². The van der Waals surface area contributed by atoms with Gasteiger partial charge >= 0.3 is 0 Å². The van der Waals surface area contributed by atoms with Gasteiger partial charge in [-0.3, -0.25) is 4.79 Å². The lowest BCUT2D eigenvalue weighted by Crippen LogP contribution is -1.97. The van der Waals surface area contributed by atoms with Crippen LogP contribution >= 0.6 is 0 Å². The van der Waals surface area contributed by atoms with Crippen molar-refractivity contribution in [2.45, 2.75) is 0 Å². The second-order valence-electron chi connectivity index (χ2n) is 4.66. The molecular weight excluding hydrogens is 292 g/mol. The van der Waals surface area contributed by atoms with Crippen LogP contribution in [0.25, 0.3) is 6.08 Å². The van der Waals surface area contributed by atoms with Gasteiger partial charge in [0.1, 0.15) is 0 Å². The summed E-state index contributed by atoms with van der Waals surface area (Å²) < 4.78 is 5.22. The minimum Gasteiger partial charge on any atom is -0.504 e. The molecule has 2 aromatic carbocycles. The summed E-state index contributed by atoms with van der Waals surface area (Å²) in [5.41, 5.74) is 0.279. The van der Waals surface area contributed by atoms with Crippen LogP contribution in [0.15, 0.2) is 30.0 Å². The smallest absolute Gasteiger partial charge is 0.232 e. The fourth-order valence-corrected chi connectivity index (χ4v) is 2.09. The van der Waals surface area contributed by atoms with Gasteiger partial charge < -0.3 is 30.3 Å². The van der Waals surface area contributed by atoms with E-state index in [0.29, 0.717) is 0 Å². The molecule has 3 rings (SSSR count). The van der Waals surface area contributed by atoms with Crippen LogP contribution in [0.2, 0.25) is 0 Å². The van der Waals surface area contributed by atoms with Gasteiger partial charge in [-0.2, -0.15) is 0 Å². The predicted molar refractivity (Wildman–Crippen MR) is 74.1 cm³/mol. The molecule has 1 aliphatic rings. The lowest BCUT2D eigenvalue weighted by Gasteiger charge is -2.04. The third-order valence-electron chi connectivity index (χ3n) is 3.18. The van der Waals surface area contributed by atoms with Crippen LogP contribution in [0.5, 0.6) is 34.5 Å². The Kier molecular flexibility index (Phi) is 2.84. The molecule has 22 heavy (non-hydrogen) atoms. The number of hydrogen-bond acceptors (Lipinski definition) is 7. The molecule has 0 unspecified atom stereocenters. The van der Waals surface area contributed by atoms with E-state index in [4.69, 9.17) is 4.74 Å². The Balaban J connectivity index is 2.05. The molecule has 2 aromatic rings. The molecular formula is C15H10O7. The molecule has 0 saturated carbocycles. The van der Waals surface area contributed by atoms with E-state index in [0.717, 1.165) is 18.2 Å². The molecule has 0 saturated heterocycles. The Morgan fingerprint density at radius 3 is 2.14 bits per heavy atom. The normalized spacial score (nSPS) is 14.9. The number of phenolic OH excluding ortho intramolecular Hbond substituents is 5. The number of carbonyl (C=O) groups excluding carboxylic acids is 1. The Morgan fingerprint density at radius 1 is 0.864 bits per heavy atom. The first-order valence-corrected chi connectivity index (χ1v) is 6.12. The minimum absolute atomic E-state index is 0.0776. The number of carbonyl (C=O) groups is 1. The van der Waals surface area contributed by atoms with Crippen LogP contribution in [0.1, 0.15) is 15.9 Å². The van der Waals surface area contributed by atoms with Crippen LogP contribution in [0.3, 0.4) is 0 Å². The SMILES string of the molecule is O=C1/C(=C/c2cc(O)c(O)c(O)c2)Oc2c1ccc(O)c2O. The molecule has 7 heteroatoms. The number of benzene rings is 2. The van der Waals surface area contributed by atoms with Crippen molar-refractivity contribution < 1.29 is 35.1 Å². The number of allylic oxidation sites excluding steroid dienone is 1. The highest BCUT2D eigenvalue weighted by Crippen LogP contribution is 2.44. The summed E-state index contributed by atoms with van der Waals surface area (Å²) in [6.45, 7) is 0. The summed E-state index contributed by atoms with van der Waals surface area (Å²) in [7, 11) is 0. The number of fused-ring (bicyclic) bond motifs is 1. The summed E-state index contributed by atoms with van der Waals surface area (Å²) in [4.78, 5) is 12.1. The van der Waals surface area contributed by atoms with E-state index in [1.807, 2.05) is 0 Å². The lowest BCUT2D eigenvalue weighted by molar-refractivity contribution is 0.101. The van der Waals surface area contributed by atoms with Crippen LogP contribution in [-0.4, -0.2) is 31.3 Å². The first-order valence-electron chi connectivity index (χ1n) is 6.12. The van der Waals surface area contributed by atoms with Crippen molar-refractivity contribution in [2.24, 2.45) is 0 Å². The quantitative estimate of drug-likeness (QED) is 0.401. The first-order chi connectivity index (χ1) is 10.4. The molecule has 0 radical (unpaired) electrons. The van der Waals surface area contributed by atoms with Crippen molar-refractivity contribution in [3.05, 3.63) is 41.2 Å². The van der Waals surface area contributed by atoms with Crippen LogP contribution in [-0.2, 0) is 0 Å². The Bertz CT molecular complexity index is 813. The fraction of sp³-hybridized carbons (Fsp3) is 0. The summed E-state index contributed by atoms with van der Waals surface area (Å²) >= 11 is 0. The summed E-state index contributed by atoms with van der Waals surface area (Å²) in [5.74, 6) is -3.63. The summed E-state index contributed by atoms with van der Waals surface area (Å²) in [6.07, 6.45) is 1.22. The zero-order valence-electron chi connectivity index (χ0n) is 10.9. The molecule has 0 atom stereocenters. The Labute approximate surface area is 123 Å². The third kappa shape index (κ3) is 1.96. The molecule has 0 fully saturated rings. The van der Waals surface area contributed by atoms with Crippen molar-refractivity contribution >= 4 is 11.9 Å². The Hall–Kier alpha value is -3.35. The predicted octanol–water partition coefficient (Wildman–Crippen LogP) is 1.83. The minimum atomic E-state index is -0.674. The maximum Gasteiger partial charge on any atom is 0.232 e. The van der Waals surface area contributed by atoms with E-state index in [-0.39, 0.29) is 22.6 Å². The van der Waals surface area contributed by atoms with Crippen molar-refractivity contribution in [2.75, 3.05) is 0 Å². The van der Waals surface area contributed by atoms with Gasteiger partial charge in [-0.1, -0.05) is 0 Å². The molecule has 112 valence electrons. The van der Waals surface area contributed by atoms with Gasteiger partial charge in [0.05, 0.1) is 5.56 Å². The summed E-state index contributed by atoms with van der Waals surface area (Å²) in [6, 6.07) is 4.72. The summed E-state index contributed by atoms with van der Waals surface area (Å²) in [5, 5.41) is 47.2. The standard InChI is InChI=1S/C15H10O7/c16-8-2-1-7-12(19)11(22-15(7)14(8)21)5-6-3-9(17)13(20)10(18)4-6/h1-5,16-18,20-21H/b11-5-. The topological polar surface area (TPSA) is 127 Å². The molecule has 1 aliphatic heterocycles. The number of Topliss-reactive ketones (excluding diaryl/α,β-unsaturated/α-hetero) is 1. The second kappa shape index (κ2) is 4.59. The average molecular weight is 302 g/mol. The Morgan fingerprint density at radius 2 is 1.50 bits per heavy atom. The first kappa shape index (κ1) is 13.6. The third-order valence-corrected chi connectivity index (χ3v) is 3.18. The number of ketones is 1. The fourth-order valence-electron chi connectivity index (χ4n) is 2.09. The van der Waals surface area contributed by atoms with Gasteiger partial charge in [0.15, 0.2) is 34.5 Å². The number of rotatable bonds is 1. The van der Waals surface area contributed by atoms with Gasteiger partial charge in [-0.15, -0.1) is 0 Å². The van der Waals surface area contributed by atoms with Crippen molar-refractivity contribution in [1.29, 1.82) is 0 Å². The monoisotopic (exact) mass is 302 g/mol. The molecule has 1 heterocycles. The number of ether oxygens (including phenoxy) is 1. The zero-order valence-corrected chi connectivity index (χ0v) is 10.9. The van der Waals surface area contributed by atoms with Gasteiger partial charge in [0, 0.05) is 0 Å². The van der Waals surface area contributed by atoms with Crippen LogP contribution in [0, 0.1) is 0 Å². The molecule has 5 N–H and O–H groups in total. The molecule has 0 amide bonds. The highest BCUT2D eigenvalue weighted by molar-refractivity contribution is 6.15.